The molecular formula is C9H15N3O2. The summed E-state index contributed by atoms with van der Waals surface area (Å²) in [5.41, 5.74) is 0. The van der Waals surface area contributed by atoms with Crippen molar-refractivity contribution < 1.29 is 9.84 Å². The van der Waals surface area contributed by atoms with Gasteiger partial charge in [-0.25, -0.2) is 0 Å². The fraction of sp³-hybridized carbons (Fsp3) is 0.778. The van der Waals surface area contributed by atoms with Gasteiger partial charge < -0.3 is 14.4 Å². The van der Waals surface area contributed by atoms with E-state index in [9.17, 15) is 0 Å². The Bertz CT molecular complexity index is 283. The Morgan fingerprint density at radius 2 is 2.43 bits per heavy atom. The Balaban J connectivity index is 1.68. The third kappa shape index (κ3) is 2.52. The minimum Gasteiger partial charge on any atom is -0.388 e. The molecule has 0 saturated heterocycles. The molecule has 1 aromatic heterocycles. The summed E-state index contributed by atoms with van der Waals surface area (Å²) in [7, 11) is 0. The maximum Gasteiger partial charge on any atom is 0.158 e. The van der Waals surface area contributed by atoms with Crippen LogP contribution in [0.3, 0.4) is 0 Å². The summed E-state index contributed by atoms with van der Waals surface area (Å²) in [5.74, 6) is 1.40. The van der Waals surface area contributed by atoms with Crippen LogP contribution in [0.2, 0.25) is 0 Å². The highest BCUT2D eigenvalue weighted by atomic mass is 16.5. The molecule has 14 heavy (non-hydrogen) atoms. The quantitative estimate of drug-likeness (QED) is 0.662. The van der Waals surface area contributed by atoms with E-state index in [2.05, 4.69) is 10.2 Å². The number of rotatable bonds is 6. The van der Waals surface area contributed by atoms with Crippen molar-refractivity contribution in [1.29, 1.82) is 0 Å². The van der Waals surface area contributed by atoms with Crippen LogP contribution in [0.5, 0.6) is 0 Å². The monoisotopic (exact) mass is 197 g/mol. The summed E-state index contributed by atoms with van der Waals surface area (Å²) in [5, 5.41) is 16.4. The van der Waals surface area contributed by atoms with Gasteiger partial charge in [0, 0.05) is 13.2 Å². The number of hydrogen-bond donors (Lipinski definition) is 1. The largest absolute Gasteiger partial charge is 0.388 e. The van der Waals surface area contributed by atoms with Gasteiger partial charge in [-0.05, 0) is 18.8 Å². The van der Waals surface area contributed by atoms with E-state index in [4.69, 9.17) is 9.84 Å². The van der Waals surface area contributed by atoms with Crippen LogP contribution in [0.1, 0.15) is 18.7 Å². The number of hydrogen-bond acceptors (Lipinski definition) is 4. The zero-order valence-corrected chi connectivity index (χ0v) is 8.09. The lowest BCUT2D eigenvalue weighted by molar-refractivity contribution is 0.115. The number of aliphatic hydroxyl groups is 1. The van der Waals surface area contributed by atoms with E-state index in [0.29, 0.717) is 12.4 Å². The van der Waals surface area contributed by atoms with Crippen molar-refractivity contribution in [3.8, 4) is 0 Å². The molecule has 0 radical (unpaired) electrons. The Labute approximate surface area is 82.7 Å². The van der Waals surface area contributed by atoms with Crippen LogP contribution in [0.15, 0.2) is 6.33 Å². The van der Waals surface area contributed by atoms with Crippen molar-refractivity contribution in [2.75, 3.05) is 13.2 Å². The van der Waals surface area contributed by atoms with E-state index >= 15 is 0 Å². The molecule has 1 aromatic rings. The molecule has 1 heterocycles. The van der Waals surface area contributed by atoms with Crippen LogP contribution in [-0.4, -0.2) is 33.1 Å². The van der Waals surface area contributed by atoms with E-state index in [1.54, 1.807) is 6.33 Å². The fourth-order valence-corrected chi connectivity index (χ4v) is 1.29. The molecule has 0 bridgehead atoms. The third-order valence-corrected chi connectivity index (χ3v) is 2.36. The second-order valence-corrected chi connectivity index (χ2v) is 3.62. The molecular weight excluding hydrogens is 182 g/mol. The normalized spacial score (nSPS) is 16.1. The van der Waals surface area contributed by atoms with Gasteiger partial charge in [0.1, 0.15) is 12.9 Å². The first-order valence-corrected chi connectivity index (χ1v) is 4.95. The maximum absolute atomic E-state index is 8.90. The number of nitrogens with zero attached hydrogens (tertiary/aromatic N) is 3. The zero-order valence-electron chi connectivity index (χ0n) is 8.09. The summed E-state index contributed by atoms with van der Waals surface area (Å²) in [6.07, 6.45) is 4.25. The van der Waals surface area contributed by atoms with Gasteiger partial charge in [-0.1, -0.05) is 0 Å². The van der Waals surface area contributed by atoms with E-state index < -0.39 is 0 Å². The minimum absolute atomic E-state index is 0.0668. The standard InChI is InChI=1S/C9H15N3O2/c13-5-9-11-10-7-12(9)3-4-14-6-8-1-2-8/h7-8,13H,1-6H2. The summed E-state index contributed by atoms with van der Waals surface area (Å²) < 4.78 is 7.28. The van der Waals surface area contributed by atoms with Crippen LogP contribution in [-0.2, 0) is 17.9 Å². The second-order valence-electron chi connectivity index (χ2n) is 3.62. The first-order valence-electron chi connectivity index (χ1n) is 4.95. The Hall–Kier alpha value is -0.940. The van der Waals surface area contributed by atoms with Gasteiger partial charge in [-0.2, -0.15) is 0 Å². The smallest absolute Gasteiger partial charge is 0.158 e. The van der Waals surface area contributed by atoms with Crippen LogP contribution in [0.25, 0.3) is 0 Å². The first kappa shape index (κ1) is 9.61. The van der Waals surface area contributed by atoms with Gasteiger partial charge in [0.05, 0.1) is 6.61 Å². The van der Waals surface area contributed by atoms with Crippen LogP contribution in [0.4, 0.5) is 0 Å². The highest BCUT2D eigenvalue weighted by molar-refractivity contribution is 4.82. The van der Waals surface area contributed by atoms with Crippen molar-refractivity contribution in [1.82, 2.24) is 14.8 Å². The molecule has 0 spiro atoms. The van der Waals surface area contributed by atoms with E-state index in [0.717, 1.165) is 19.1 Å². The van der Waals surface area contributed by atoms with Gasteiger partial charge in [-0.15, -0.1) is 10.2 Å². The van der Waals surface area contributed by atoms with Crippen molar-refractivity contribution in [3.05, 3.63) is 12.2 Å². The summed E-state index contributed by atoms with van der Waals surface area (Å²) in [4.78, 5) is 0. The molecule has 1 saturated carbocycles. The average molecular weight is 197 g/mol. The van der Waals surface area contributed by atoms with Gasteiger partial charge in [-0.3, -0.25) is 0 Å². The van der Waals surface area contributed by atoms with Gasteiger partial charge in [0.2, 0.25) is 0 Å². The highest BCUT2D eigenvalue weighted by Gasteiger charge is 2.20. The Kier molecular flexibility index (Phi) is 3.10. The molecule has 0 amide bonds. The van der Waals surface area contributed by atoms with Crippen LogP contribution in [0, 0.1) is 5.92 Å². The fourth-order valence-electron chi connectivity index (χ4n) is 1.29. The van der Waals surface area contributed by atoms with Gasteiger partial charge >= 0.3 is 0 Å². The molecule has 5 nitrogen and oxygen atoms in total. The third-order valence-electron chi connectivity index (χ3n) is 2.36. The lowest BCUT2D eigenvalue weighted by Gasteiger charge is -2.05. The van der Waals surface area contributed by atoms with Gasteiger partial charge in [0.15, 0.2) is 5.82 Å². The van der Waals surface area contributed by atoms with E-state index in [1.165, 1.54) is 12.8 Å². The number of ether oxygens (including phenoxy) is 1. The predicted molar refractivity (Wildman–Crippen MR) is 49.5 cm³/mol. The summed E-state index contributed by atoms with van der Waals surface area (Å²) >= 11 is 0. The molecule has 2 rings (SSSR count). The highest BCUT2D eigenvalue weighted by Crippen LogP contribution is 2.28. The molecule has 1 N–H and O–H groups in total. The van der Waals surface area contributed by atoms with Crippen molar-refractivity contribution in [2.24, 2.45) is 5.92 Å². The number of aromatic nitrogens is 3. The maximum atomic E-state index is 8.90. The zero-order chi connectivity index (χ0) is 9.80. The molecule has 0 aliphatic heterocycles. The predicted octanol–water partition coefficient (Wildman–Crippen LogP) is 0.197. The molecule has 0 aromatic carbocycles. The van der Waals surface area contributed by atoms with Crippen molar-refractivity contribution in [3.63, 3.8) is 0 Å². The van der Waals surface area contributed by atoms with Crippen LogP contribution < -0.4 is 0 Å². The molecule has 0 unspecified atom stereocenters. The molecule has 1 aliphatic carbocycles. The number of aliphatic hydroxyl groups excluding tert-OH is 1. The molecule has 78 valence electrons. The van der Waals surface area contributed by atoms with Crippen molar-refractivity contribution in [2.45, 2.75) is 26.0 Å². The topological polar surface area (TPSA) is 60.2 Å². The lowest BCUT2D eigenvalue weighted by atomic mass is 10.5. The molecule has 5 heteroatoms. The lowest BCUT2D eigenvalue weighted by Crippen LogP contribution is -2.09. The second kappa shape index (κ2) is 4.52. The Morgan fingerprint density at radius 1 is 1.57 bits per heavy atom. The summed E-state index contributed by atoms with van der Waals surface area (Å²) in [6.45, 7) is 2.19. The average Bonchev–Trinajstić information content (AvgIpc) is 2.91. The molecule has 1 fully saturated rings. The van der Waals surface area contributed by atoms with Crippen LogP contribution >= 0.6 is 0 Å². The first-order chi connectivity index (χ1) is 6.90. The summed E-state index contributed by atoms with van der Waals surface area (Å²) in [6, 6.07) is 0. The molecule has 0 atom stereocenters. The van der Waals surface area contributed by atoms with Gasteiger partial charge in [0.25, 0.3) is 0 Å². The van der Waals surface area contributed by atoms with E-state index in [-0.39, 0.29) is 6.61 Å². The van der Waals surface area contributed by atoms with Crippen molar-refractivity contribution >= 4 is 0 Å². The van der Waals surface area contributed by atoms with E-state index in [1.807, 2.05) is 4.57 Å². The SMILES string of the molecule is OCc1nncn1CCOCC1CC1. The molecule has 1 aliphatic rings. The minimum atomic E-state index is -0.0668. The Morgan fingerprint density at radius 3 is 3.14 bits per heavy atom.